The van der Waals surface area contributed by atoms with Crippen LogP contribution in [-0.2, 0) is 9.59 Å². The van der Waals surface area contributed by atoms with Crippen molar-refractivity contribution in [2.24, 2.45) is 0 Å². The first-order valence-corrected chi connectivity index (χ1v) is 8.28. The average Bonchev–Trinajstić information content (AvgIpc) is 3.00. The van der Waals surface area contributed by atoms with Crippen molar-refractivity contribution in [1.82, 2.24) is 4.98 Å². The number of rotatable bonds is 4. The fraction of sp³-hybridized carbons (Fsp3) is 0.0556. The third-order valence-electron chi connectivity index (χ3n) is 3.57. The van der Waals surface area contributed by atoms with E-state index in [1.54, 1.807) is 6.20 Å². The van der Waals surface area contributed by atoms with Crippen molar-refractivity contribution >= 4 is 50.9 Å². The van der Waals surface area contributed by atoms with E-state index < -0.39 is 5.97 Å². The first kappa shape index (κ1) is 16.7. The standard InChI is InChI=1S/C18H15N3O3S/c1-10(22)21-13-5-2-11(3-6-13)14-9-25-17-12(4-7-15(23)24)8-20-18(19)16(14)17/h2-9H,1H3,(H2,19,20)(H,21,22)(H,23,24)/b7-4+. The number of hydrogen-bond acceptors (Lipinski definition) is 5. The minimum Gasteiger partial charge on any atom is -0.478 e. The molecule has 2 aromatic heterocycles. The highest BCUT2D eigenvalue weighted by Crippen LogP contribution is 2.39. The predicted octanol–water partition coefficient (Wildman–Crippen LogP) is 3.60. The Morgan fingerprint density at radius 3 is 2.64 bits per heavy atom. The number of nitrogens with two attached hydrogens (primary N) is 1. The molecule has 3 aromatic rings. The van der Waals surface area contributed by atoms with Crippen LogP contribution >= 0.6 is 11.3 Å². The molecular weight excluding hydrogens is 338 g/mol. The van der Waals surface area contributed by atoms with Gasteiger partial charge in [-0.3, -0.25) is 4.79 Å². The van der Waals surface area contributed by atoms with Crippen LogP contribution in [0.25, 0.3) is 27.3 Å². The minimum atomic E-state index is -1.02. The van der Waals surface area contributed by atoms with E-state index in [0.29, 0.717) is 17.1 Å². The second-order valence-corrected chi connectivity index (χ2v) is 6.26. The van der Waals surface area contributed by atoms with Gasteiger partial charge in [-0.05, 0) is 29.2 Å². The summed E-state index contributed by atoms with van der Waals surface area (Å²) >= 11 is 1.48. The number of carbonyl (C=O) groups is 2. The number of nitrogens with one attached hydrogen (secondary N) is 1. The van der Waals surface area contributed by atoms with Crippen LogP contribution in [0.5, 0.6) is 0 Å². The molecule has 0 atom stereocenters. The van der Waals surface area contributed by atoms with Gasteiger partial charge in [0.15, 0.2) is 0 Å². The number of nitrogen functional groups attached to an aromatic ring is 1. The van der Waals surface area contributed by atoms with Crippen LogP contribution in [0, 0.1) is 0 Å². The maximum Gasteiger partial charge on any atom is 0.328 e. The molecule has 0 radical (unpaired) electrons. The molecule has 0 spiro atoms. The van der Waals surface area contributed by atoms with E-state index in [9.17, 15) is 9.59 Å². The molecule has 4 N–H and O–H groups in total. The van der Waals surface area contributed by atoms with E-state index in [1.807, 2.05) is 29.6 Å². The summed E-state index contributed by atoms with van der Waals surface area (Å²) in [6.07, 6.45) is 4.16. The summed E-state index contributed by atoms with van der Waals surface area (Å²) < 4.78 is 0.880. The number of carbonyl (C=O) groups excluding carboxylic acids is 1. The van der Waals surface area contributed by atoms with Crippen molar-refractivity contribution in [2.45, 2.75) is 6.92 Å². The van der Waals surface area contributed by atoms with Gasteiger partial charge < -0.3 is 16.2 Å². The van der Waals surface area contributed by atoms with E-state index in [-0.39, 0.29) is 5.91 Å². The Kier molecular flexibility index (Phi) is 4.49. The summed E-state index contributed by atoms with van der Waals surface area (Å²) in [4.78, 5) is 26.0. The number of benzene rings is 1. The fourth-order valence-corrected chi connectivity index (χ4v) is 3.59. The van der Waals surface area contributed by atoms with Gasteiger partial charge in [0.25, 0.3) is 0 Å². The third kappa shape index (κ3) is 3.51. The molecule has 7 heteroatoms. The van der Waals surface area contributed by atoms with E-state index in [1.165, 1.54) is 24.3 Å². The van der Waals surface area contributed by atoms with E-state index in [4.69, 9.17) is 10.8 Å². The maximum absolute atomic E-state index is 11.1. The number of amides is 1. The molecule has 0 fully saturated rings. The molecule has 0 aliphatic carbocycles. The Balaban J connectivity index is 2.07. The van der Waals surface area contributed by atoms with Crippen LogP contribution in [-0.4, -0.2) is 22.0 Å². The fourth-order valence-electron chi connectivity index (χ4n) is 2.52. The van der Waals surface area contributed by atoms with E-state index >= 15 is 0 Å². The Hall–Kier alpha value is -3.19. The normalized spacial score (nSPS) is 11.1. The highest BCUT2D eigenvalue weighted by molar-refractivity contribution is 7.18. The van der Waals surface area contributed by atoms with Gasteiger partial charge in [-0.2, -0.15) is 0 Å². The Bertz CT molecular complexity index is 991. The Morgan fingerprint density at radius 1 is 1.28 bits per heavy atom. The monoisotopic (exact) mass is 353 g/mol. The van der Waals surface area contributed by atoms with Crippen LogP contribution in [0.3, 0.4) is 0 Å². The van der Waals surface area contributed by atoms with Crippen molar-refractivity contribution in [1.29, 1.82) is 0 Å². The highest BCUT2D eigenvalue weighted by Gasteiger charge is 2.13. The van der Waals surface area contributed by atoms with E-state index in [0.717, 1.165) is 27.3 Å². The van der Waals surface area contributed by atoms with E-state index in [2.05, 4.69) is 10.3 Å². The van der Waals surface area contributed by atoms with Crippen LogP contribution in [0.1, 0.15) is 12.5 Å². The van der Waals surface area contributed by atoms with Crippen molar-refractivity contribution in [3.63, 3.8) is 0 Å². The van der Waals surface area contributed by atoms with Gasteiger partial charge in [0.05, 0.1) is 0 Å². The number of anilines is 2. The van der Waals surface area contributed by atoms with Crippen molar-refractivity contribution in [2.75, 3.05) is 11.1 Å². The number of carboxylic acid groups (broad SMARTS) is 1. The molecule has 25 heavy (non-hydrogen) atoms. The molecule has 1 aromatic carbocycles. The zero-order valence-electron chi connectivity index (χ0n) is 13.3. The number of nitrogens with zero attached hydrogens (tertiary/aromatic N) is 1. The van der Waals surface area contributed by atoms with Gasteiger partial charge in [-0.25, -0.2) is 9.78 Å². The molecule has 126 valence electrons. The molecule has 6 nitrogen and oxygen atoms in total. The van der Waals surface area contributed by atoms with Crippen LogP contribution in [0.2, 0.25) is 0 Å². The summed E-state index contributed by atoms with van der Waals surface area (Å²) in [7, 11) is 0. The Morgan fingerprint density at radius 2 is 2.00 bits per heavy atom. The van der Waals surface area contributed by atoms with Crippen molar-refractivity contribution < 1.29 is 14.7 Å². The summed E-state index contributed by atoms with van der Waals surface area (Å²) in [5, 5.41) is 14.3. The number of carboxylic acids is 1. The molecule has 0 bridgehead atoms. The van der Waals surface area contributed by atoms with Crippen molar-refractivity contribution in [3.05, 3.63) is 47.5 Å². The lowest BCUT2D eigenvalue weighted by Gasteiger charge is -2.06. The number of pyridine rings is 1. The lowest BCUT2D eigenvalue weighted by Crippen LogP contribution is -2.05. The largest absolute Gasteiger partial charge is 0.478 e. The topological polar surface area (TPSA) is 105 Å². The number of aromatic nitrogens is 1. The molecule has 0 aliphatic rings. The number of fused-ring (bicyclic) bond motifs is 1. The van der Waals surface area contributed by atoms with Crippen LogP contribution in [0.15, 0.2) is 41.9 Å². The smallest absolute Gasteiger partial charge is 0.328 e. The van der Waals surface area contributed by atoms with Gasteiger partial charge in [0.2, 0.25) is 5.91 Å². The molecular formula is C18H15N3O3S. The van der Waals surface area contributed by atoms with Gasteiger partial charge >= 0.3 is 5.97 Å². The lowest BCUT2D eigenvalue weighted by atomic mass is 10.0. The molecule has 0 aliphatic heterocycles. The molecule has 0 saturated heterocycles. The molecule has 0 saturated carbocycles. The first-order chi connectivity index (χ1) is 12.0. The zero-order chi connectivity index (χ0) is 18.0. The molecule has 1 amide bonds. The lowest BCUT2D eigenvalue weighted by molar-refractivity contribution is -0.131. The first-order valence-electron chi connectivity index (χ1n) is 7.40. The summed E-state index contributed by atoms with van der Waals surface area (Å²) in [6.45, 7) is 1.46. The van der Waals surface area contributed by atoms with Crippen LogP contribution < -0.4 is 11.1 Å². The molecule has 2 heterocycles. The average molecular weight is 353 g/mol. The Labute approximate surface area is 147 Å². The number of thiophene rings is 1. The minimum absolute atomic E-state index is 0.128. The van der Waals surface area contributed by atoms with Gasteiger partial charge in [-0.1, -0.05) is 12.1 Å². The summed E-state index contributed by atoms with van der Waals surface area (Å²) in [5.41, 5.74) is 9.34. The molecule has 3 rings (SSSR count). The SMILES string of the molecule is CC(=O)Nc1ccc(-c2csc3c(/C=C/C(=O)O)cnc(N)c23)cc1. The predicted molar refractivity (Wildman–Crippen MR) is 100 cm³/mol. The van der Waals surface area contributed by atoms with Crippen molar-refractivity contribution in [3.8, 4) is 11.1 Å². The third-order valence-corrected chi connectivity index (χ3v) is 4.60. The molecule has 0 unspecified atom stereocenters. The number of hydrogen-bond donors (Lipinski definition) is 3. The van der Waals surface area contributed by atoms with Crippen LogP contribution in [0.4, 0.5) is 11.5 Å². The second kappa shape index (κ2) is 6.74. The van der Waals surface area contributed by atoms with Gasteiger partial charge in [-0.15, -0.1) is 11.3 Å². The zero-order valence-corrected chi connectivity index (χ0v) is 14.1. The summed E-state index contributed by atoms with van der Waals surface area (Å²) in [5.74, 6) is -0.753. The van der Waals surface area contributed by atoms with Gasteiger partial charge in [0.1, 0.15) is 5.82 Å². The maximum atomic E-state index is 11.1. The quantitative estimate of drug-likeness (QED) is 0.622. The second-order valence-electron chi connectivity index (χ2n) is 5.38. The van der Waals surface area contributed by atoms with Gasteiger partial charge in [0, 0.05) is 46.1 Å². The highest BCUT2D eigenvalue weighted by atomic mass is 32.1. The number of aliphatic carboxylic acids is 1. The summed E-state index contributed by atoms with van der Waals surface area (Å²) in [6, 6.07) is 7.42.